The summed E-state index contributed by atoms with van der Waals surface area (Å²) < 4.78 is 22.5. The maximum atomic E-state index is 10.5. The average Bonchev–Trinajstić information content (AvgIpc) is 1.80. The van der Waals surface area contributed by atoms with Crippen molar-refractivity contribution in [1.82, 2.24) is 4.31 Å². The fraction of sp³-hybridized carbons (Fsp3) is 1.00. The predicted molar refractivity (Wildman–Crippen MR) is 45.6 cm³/mol. The first-order chi connectivity index (χ1) is 4.87. The molecule has 11 heavy (non-hydrogen) atoms. The van der Waals surface area contributed by atoms with Crippen molar-refractivity contribution in [2.45, 2.75) is 27.7 Å². The van der Waals surface area contributed by atoms with Gasteiger partial charge in [0, 0.05) is 24.4 Å². The zero-order valence-electron chi connectivity index (χ0n) is 7.59. The van der Waals surface area contributed by atoms with Crippen LogP contribution in [0.3, 0.4) is 0 Å². The highest BCUT2D eigenvalue weighted by atomic mass is 32.2. The third kappa shape index (κ3) is 5.35. The molecule has 0 aliphatic rings. The average molecular weight is 178 g/mol. The lowest BCUT2D eigenvalue weighted by Crippen LogP contribution is -2.33. The van der Waals surface area contributed by atoms with Crippen LogP contribution in [0.5, 0.6) is 0 Å². The largest absolute Gasteiger partial charge is 0.760 e. The molecule has 1 atom stereocenters. The molecule has 0 amide bonds. The summed E-state index contributed by atoms with van der Waals surface area (Å²) in [6.07, 6.45) is 0. The number of hydrogen-bond acceptors (Lipinski definition) is 2. The molecule has 0 aliphatic carbocycles. The van der Waals surface area contributed by atoms with Crippen LogP contribution >= 0.6 is 0 Å². The molecule has 0 N–H and O–H groups in total. The summed E-state index contributed by atoms with van der Waals surface area (Å²) in [5.74, 6) is 0. The molecular weight excluding hydrogens is 162 g/mol. The lowest BCUT2D eigenvalue weighted by molar-refractivity contribution is 0.282. The standard InChI is InChI=1S/C7H17NO2S/c1-5-8(11(9)10)6-7(2,3)4/h5-6H2,1-4H3,(H,9,10)/p-1. The van der Waals surface area contributed by atoms with Gasteiger partial charge in [-0.15, -0.1) is 0 Å². The first kappa shape index (κ1) is 11.1. The van der Waals surface area contributed by atoms with E-state index in [1.54, 1.807) is 0 Å². The van der Waals surface area contributed by atoms with Gasteiger partial charge < -0.3 is 4.55 Å². The van der Waals surface area contributed by atoms with E-state index in [4.69, 9.17) is 0 Å². The van der Waals surface area contributed by atoms with Crippen LogP contribution in [0.25, 0.3) is 0 Å². The van der Waals surface area contributed by atoms with Gasteiger partial charge in [0.25, 0.3) is 0 Å². The highest BCUT2D eigenvalue weighted by Crippen LogP contribution is 2.15. The van der Waals surface area contributed by atoms with Gasteiger partial charge in [0.1, 0.15) is 0 Å². The zero-order chi connectivity index (χ0) is 9.07. The molecule has 0 radical (unpaired) electrons. The molecule has 0 saturated carbocycles. The van der Waals surface area contributed by atoms with Gasteiger partial charge in [-0.3, -0.25) is 4.21 Å². The van der Waals surface area contributed by atoms with Crippen molar-refractivity contribution >= 4 is 11.3 Å². The monoisotopic (exact) mass is 178 g/mol. The van der Waals surface area contributed by atoms with Crippen LogP contribution in [0.15, 0.2) is 0 Å². The molecule has 0 fully saturated rings. The number of nitrogens with zero attached hydrogens (tertiary/aromatic N) is 1. The van der Waals surface area contributed by atoms with Gasteiger partial charge in [-0.05, 0) is 5.41 Å². The SMILES string of the molecule is CCN(CC(C)(C)C)S(=O)[O-]. The Hall–Kier alpha value is 0.0700. The molecule has 0 spiro atoms. The van der Waals surface area contributed by atoms with E-state index in [1.165, 1.54) is 4.31 Å². The van der Waals surface area contributed by atoms with Crippen LogP contribution in [0.4, 0.5) is 0 Å². The van der Waals surface area contributed by atoms with Crippen molar-refractivity contribution in [2.75, 3.05) is 13.1 Å². The zero-order valence-corrected chi connectivity index (χ0v) is 8.40. The highest BCUT2D eigenvalue weighted by molar-refractivity contribution is 7.76. The van der Waals surface area contributed by atoms with Crippen molar-refractivity contribution in [2.24, 2.45) is 5.41 Å². The Labute approximate surface area is 71.2 Å². The Bertz CT molecular complexity index is 142. The van der Waals surface area contributed by atoms with Gasteiger partial charge >= 0.3 is 0 Å². The van der Waals surface area contributed by atoms with Crippen molar-refractivity contribution < 1.29 is 8.76 Å². The van der Waals surface area contributed by atoms with Crippen LogP contribution in [-0.4, -0.2) is 26.2 Å². The van der Waals surface area contributed by atoms with E-state index >= 15 is 0 Å². The summed E-state index contributed by atoms with van der Waals surface area (Å²) in [4.78, 5) is 0. The maximum Gasteiger partial charge on any atom is 0.0209 e. The van der Waals surface area contributed by atoms with Gasteiger partial charge in [-0.25, -0.2) is 4.31 Å². The predicted octanol–water partition coefficient (Wildman–Crippen LogP) is 1.15. The normalized spacial score (nSPS) is 15.5. The van der Waals surface area contributed by atoms with E-state index in [1.807, 2.05) is 27.7 Å². The van der Waals surface area contributed by atoms with Crippen molar-refractivity contribution in [3.63, 3.8) is 0 Å². The summed E-state index contributed by atoms with van der Waals surface area (Å²) in [6.45, 7) is 9.02. The lowest BCUT2D eigenvalue weighted by Gasteiger charge is -2.29. The lowest BCUT2D eigenvalue weighted by atomic mass is 9.97. The van der Waals surface area contributed by atoms with E-state index in [0.29, 0.717) is 13.1 Å². The van der Waals surface area contributed by atoms with E-state index in [0.717, 1.165) is 0 Å². The molecule has 0 aromatic heterocycles. The maximum absolute atomic E-state index is 10.5. The first-order valence-corrected chi connectivity index (χ1v) is 4.74. The third-order valence-electron chi connectivity index (χ3n) is 1.21. The molecule has 0 bridgehead atoms. The molecule has 0 aliphatic heterocycles. The quantitative estimate of drug-likeness (QED) is 0.608. The topological polar surface area (TPSA) is 43.4 Å². The van der Waals surface area contributed by atoms with Crippen LogP contribution in [-0.2, 0) is 11.3 Å². The minimum atomic E-state index is -2.07. The van der Waals surface area contributed by atoms with E-state index in [-0.39, 0.29) is 5.41 Å². The second-order valence-electron chi connectivity index (χ2n) is 3.73. The van der Waals surface area contributed by atoms with E-state index < -0.39 is 11.3 Å². The van der Waals surface area contributed by atoms with Gasteiger partial charge in [-0.2, -0.15) is 0 Å². The summed E-state index contributed by atoms with van der Waals surface area (Å²) in [7, 11) is 0. The Kier molecular flexibility index (Phi) is 4.21. The highest BCUT2D eigenvalue weighted by Gasteiger charge is 2.15. The molecule has 1 unspecified atom stereocenters. The Balaban J connectivity index is 3.99. The summed E-state index contributed by atoms with van der Waals surface area (Å²) in [5.41, 5.74) is 0.0378. The van der Waals surface area contributed by atoms with Crippen molar-refractivity contribution in [3.8, 4) is 0 Å². The molecule has 4 heteroatoms. The van der Waals surface area contributed by atoms with Gasteiger partial charge in [-0.1, -0.05) is 27.7 Å². The minimum absolute atomic E-state index is 0.0378. The summed E-state index contributed by atoms with van der Waals surface area (Å²) in [6, 6.07) is 0. The number of rotatable bonds is 3. The first-order valence-electron chi connectivity index (χ1n) is 3.71. The van der Waals surface area contributed by atoms with Crippen LogP contribution in [0, 0.1) is 5.41 Å². The van der Waals surface area contributed by atoms with Crippen LogP contribution in [0.1, 0.15) is 27.7 Å². The Morgan fingerprint density at radius 2 is 1.91 bits per heavy atom. The molecule has 0 aromatic rings. The van der Waals surface area contributed by atoms with Crippen molar-refractivity contribution in [1.29, 1.82) is 0 Å². The fourth-order valence-electron chi connectivity index (χ4n) is 0.799. The molecular formula is C7H16NO2S-. The minimum Gasteiger partial charge on any atom is -0.760 e. The molecule has 0 rings (SSSR count). The van der Waals surface area contributed by atoms with E-state index in [9.17, 15) is 8.76 Å². The summed E-state index contributed by atoms with van der Waals surface area (Å²) >= 11 is -2.07. The molecule has 0 heterocycles. The van der Waals surface area contributed by atoms with Crippen molar-refractivity contribution in [3.05, 3.63) is 0 Å². The molecule has 0 aromatic carbocycles. The second-order valence-corrected chi connectivity index (χ2v) is 4.68. The molecule has 68 valence electrons. The molecule has 0 saturated heterocycles. The Morgan fingerprint density at radius 3 is 2.00 bits per heavy atom. The van der Waals surface area contributed by atoms with E-state index in [2.05, 4.69) is 0 Å². The number of hydrogen-bond donors (Lipinski definition) is 0. The smallest absolute Gasteiger partial charge is 0.0209 e. The van der Waals surface area contributed by atoms with Gasteiger partial charge in [0.05, 0.1) is 0 Å². The second kappa shape index (κ2) is 4.18. The van der Waals surface area contributed by atoms with Crippen LogP contribution in [0.2, 0.25) is 0 Å². The fourth-order valence-corrected chi connectivity index (χ4v) is 1.50. The Morgan fingerprint density at radius 1 is 1.45 bits per heavy atom. The third-order valence-corrected chi connectivity index (χ3v) is 2.02. The molecule has 3 nitrogen and oxygen atoms in total. The van der Waals surface area contributed by atoms with Gasteiger partial charge in [0.15, 0.2) is 0 Å². The van der Waals surface area contributed by atoms with Gasteiger partial charge in [0.2, 0.25) is 0 Å². The summed E-state index contributed by atoms with van der Waals surface area (Å²) in [5, 5.41) is 0. The van der Waals surface area contributed by atoms with Crippen LogP contribution < -0.4 is 0 Å².